The monoisotopic (exact) mass is 228 g/mol. The van der Waals surface area contributed by atoms with E-state index in [1.165, 1.54) is 13.8 Å². The fourth-order valence-electron chi connectivity index (χ4n) is 0.974. The molecule has 0 aliphatic carbocycles. The summed E-state index contributed by atoms with van der Waals surface area (Å²) in [6.45, 7) is 2.35. The average molecular weight is 228 g/mol. The third-order valence-electron chi connectivity index (χ3n) is 1.87. The normalized spacial score (nSPS) is 9.62. The first kappa shape index (κ1) is 14.5. The summed E-state index contributed by atoms with van der Waals surface area (Å²) in [6.07, 6.45) is 0.560. The molecule has 0 radical (unpaired) electrons. The number of carbonyl (C=O) groups excluding carboxylic acids is 4. The van der Waals surface area contributed by atoms with E-state index in [0.29, 0.717) is 0 Å². The van der Waals surface area contributed by atoms with E-state index < -0.39 is 5.97 Å². The number of ketones is 3. The Morgan fingerprint density at radius 3 is 1.81 bits per heavy atom. The van der Waals surface area contributed by atoms with Gasteiger partial charge >= 0.3 is 5.97 Å². The highest BCUT2D eigenvalue weighted by Crippen LogP contribution is 2.00. The van der Waals surface area contributed by atoms with Gasteiger partial charge in [0.1, 0.15) is 18.2 Å². The quantitative estimate of drug-likeness (QED) is 0.575. The number of ether oxygens (including phenoxy) is 1. The van der Waals surface area contributed by atoms with Crippen molar-refractivity contribution in [1.29, 1.82) is 0 Å². The molecule has 0 saturated carbocycles. The van der Waals surface area contributed by atoms with Crippen LogP contribution < -0.4 is 0 Å². The maximum absolute atomic E-state index is 11.2. The van der Waals surface area contributed by atoms with Crippen LogP contribution in [0.3, 0.4) is 0 Å². The largest absolute Gasteiger partial charge is 0.458 e. The molecule has 0 N–H and O–H groups in total. The van der Waals surface area contributed by atoms with Crippen LogP contribution in [0.25, 0.3) is 0 Å². The van der Waals surface area contributed by atoms with Crippen LogP contribution >= 0.6 is 0 Å². The van der Waals surface area contributed by atoms with Crippen LogP contribution in [0.4, 0.5) is 0 Å². The highest BCUT2D eigenvalue weighted by Gasteiger charge is 2.09. The molecular formula is C11H16O5. The van der Waals surface area contributed by atoms with Gasteiger partial charge in [-0.3, -0.25) is 14.4 Å². The molecule has 0 spiro atoms. The van der Waals surface area contributed by atoms with E-state index in [0.717, 1.165) is 0 Å². The van der Waals surface area contributed by atoms with Crippen LogP contribution in [-0.2, 0) is 23.9 Å². The molecule has 0 aliphatic rings. The minimum atomic E-state index is -0.517. The van der Waals surface area contributed by atoms with Crippen molar-refractivity contribution in [3.63, 3.8) is 0 Å². The second-order valence-corrected chi connectivity index (χ2v) is 3.56. The minimum absolute atomic E-state index is 0.0420. The third kappa shape index (κ3) is 9.05. The van der Waals surface area contributed by atoms with Gasteiger partial charge in [0, 0.05) is 32.6 Å². The Hall–Kier alpha value is -1.52. The molecule has 0 fully saturated rings. The Kier molecular flexibility index (Phi) is 7.00. The molecule has 0 bridgehead atoms. The van der Waals surface area contributed by atoms with Gasteiger partial charge in [-0.15, -0.1) is 0 Å². The lowest BCUT2D eigenvalue weighted by Gasteiger charge is -2.01. The van der Waals surface area contributed by atoms with Crippen LogP contribution in [0.15, 0.2) is 0 Å². The van der Waals surface area contributed by atoms with E-state index >= 15 is 0 Å². The summed E-state index contributed by atoms with van der Waals surface area (Å²) in [6, 6.07) is 0. The number of Topliss-reactive ketones (excluding diaryl/α,β-unsaturated/α-hetero) is 3. The van der Waals surface area contributed by atoms with Crippen LogP contribution in [0.2, 0.25) is 0 Å². The summed E-state index contributed by atoms with van der Waals surface area (Å²) in [7, 11) is 0. The lowest BCUT2D eigenvalue weighted by Crippen LogP contribution is -2.13. The van der Waals surface area contributed by atoms with Gasteiger partial charge in [-0.2, -0.15) is 0 Å². The maximum Gasteiger partial charge on any atom is 0.303 e. The molecule has 0 atom stereocenters. The molecule has 0 aromatic heterocycles. The molecule has 0 amide bonds. The Bertz CT molecular complexity index is 263. The van der Waals surface area contributed by atoms with Gasteiger partial charge in [-0.25, -0.2) is 0 Å². The molecule has 0 aliphatic heterocycles. The van der Waals surface area contributed by atoms with Crippen molar-refractivity contribution in [2.45, 2.75) is 39.5 Å². The number of carbonyl (C=O) groups is 4. The second-order valence-electron chi connectivity index (χ2n) is 3.56. The van der Waals surface area contributed by atoms with E-state index in [1.807, 2.05) is 0 Å². The zero-order valence-electron chi connectivity index (χ0n) is 9.58. The van der Waals surface area contributed by atoms with Gasteiger partial charge in [0.15, 0.2) is 5.78 Å². The highest BCUT2D eigenvalue weighted by atomic mass is 16.5. The second kappa shape index (κ2) is 7.73. The zero-order valence-corrected chi connectivity index (χ0v) is 9.58. The van der Waals surface area contributed by atoms with E-state index in [9.17, 15) is 19.2 Å². The number of hydrogen-bond donors (Lipinski definition) is 0. The smallest absolute Gasteiger partial charge is 0.303 e. The summed E-state index contributed by atoms with van der Waals surface area (Å²) in [5, 5.41) is 0. The first-order valence-corrected chi connectivity index (χ1v) is 5.08. The molecule has 90 valence electrons. The molecular weight excluding hydrogens is 212 g/mol. The first-order valence-electron chi connectivity index (χ1n) is 5.08. The highest BCUT2D eigenvalue weighted by molar-refractivity contribution is 5.89. The van der Waals surface area contributed by atoms with Crippen molar-refractivity contribution in [1.82, 2.24) is 0 Å². The van der Waals surface area contributed by atoms with E-state index in [-0.39, 0.29) is 49.6 Å². The van der Waals surface area contributed by atoms with E-state index in [1.54, 1.807) is 0 Å². The predicted molar refractivity (Wildman–Crippen MR) is 55.8 cm³/mol. The Morgan fingerprint density at radius 1 is 0.812 bits per heavy atom. The molecule has 5 nitrogen and oxygen atoms in total. The Labute approximate surface area is 94.1 Å². The lowest BCUT2D eigenvalue weighted by atomic mass is 10.1. The number of rotatable bonds is 8. The van der Waals surface area contributed by atoms with Gasteiger partial charge < -0.3 is 9.53 Å². The van der Waals surface area contributed by atoms with Gasteiger partial charge in [0.2, 0.25) is 0 Å². The van der Waals surface area contributed by atoms with Crippen molar-refractivity contribution in [2.24, 2.45) is 0 Å². The van der Waals surface area contributed by atoms with Gasteiger partial charge in [0.05, 0.1) is 0 Å². The van der Waals surface area contributed by atoms with Gasteiger partial charge in [0.25, 0.3) is 0 Å². The molecule has 0 aromatic carbocycles. The summed E-state index contributed by atoms with van der Waals surface area (Å²) < 4.78 is 4.48. The van der Waals surface area contributed by atoms with E-state index in [4.69, 9.17) is 0 Å². The summed E-state index contributed by atoms with van der Waals surface area (Å²) in [4.78, 5) is 43.2. The molecule has 0 unspecified atom stereocenters. The molecule has 0 saturated heterocycles. The number of hydrogen-bond acceptors (Lipinski definition) is 5. The zero-order chi connectivity index (χ0) is 12.6. The fourth-order valence-corrected chi connectivity index (χ4v) is 0.974. The first-order chi connectivity index (χ1) is 7.41. The summed E-state index contributed by atoms with van der Waals surface area (Å²) in [5.74, 6) is -0.964. The Balaban J connectivity index is 3.63. The van der Waals surface area contributed by atoms with Crippen LogP contribution in [-0.4, -0.2) is 29.9 Å². The molecule has 5 heteroatoms. The molecule has 16 heavy (non-hydrogen) atoms. The summed E-state index contributed by atoms with van der Waals surface area (Å²) in [5.41, 5.74) is 0. The standard InChI is InChI=1S/C11H16O5/c1-8(12)3-4-10(14)5-6-11(15)7-16-9(2)13/h3-7H2,1-2H3. The van der Waals surface area contributed by atoms with Crippen molar-refractivity contribution >= 4 is 23.3 Å². The van der Waals surface area contributed by atoms with Crippen LogP contribution in [0.5, 0.6) is 0 Å². The SMILES string of the molecule is CC(=O)CCC(=O)CCC(=O)COC(C)=O. The fraction of sp³-hybridized carbons (Fsp3) is 0.636. The van der Waals surface area contributed by atoms with Crippen molar-refractivity contribution < 1.29 is 23.9 Å². The number of esters is 1. The molecule has 0 rings (SSSR count). The third-order valence-corrected chi connectivity index (χ3v) is 1.87. The van der Waals surface area contributed by atoms with E-state index in [2.05, 4.69) is 4.74 Å². The van der Waals surface area contributed by atoms with Crippen molar-refractivity contribution in [2.75, 3.05) is 6.61 Å². The molecule has 0 heterocycles. The molecule has 0 aromatic rings. The predicted octanol–water partition coefficient (Wildman–Crippen LogP) is 0.837. The van der Waals surface area contributed by atoms with Crippen LogP contribution in [0, 0.1) is 0 Å². The summed E-state index contributed by atoms with van der Waals surface area (Å²) >= 11 is 0. The van der Waals surface area contributed by atoms with Crippen molar-refractivity contribution in [3.05, 3.63) is 0 Å². The maximum atomic E-state index is 11.2. The van der Waals surface area contributed by atoms with Gasteiger partial charge in [-0.1, -0.05) is 0 Å². The Morgan fingerprint density at radius 2 is 1.31 bits per heavy atom. The van der Waals surface area contributed by atoms with Gasteiger partial charge in [-0.05, 0) is 6.92 Å². The topological polar surface area (TPSA) is 77.5 Å². The lowest BCUT2D eigenvalue weighted by molar-refractivity contribution is -0.145. The van der Waals surface area contributed by atoms with Crippen LogP contribution in [0.1, 0.15) is 39.5 Å². The minimum Gasteiger partial charge on any atom is -0.458 e. The van der Waals surface area contributed by atoms with Crippen molar-refractivity contribution in [3.8, 4) is 0 Å². The average Bonchev–Trinajstić information content (AvgIpc) is 2.20.